The average Bonchev–Trinajstić information content (AvgIpc) is 3.07. The highest BCUT2D eigenvalue weighted by Gasteiger charge is 2.40. The summed E-state index contributed by atoms with van der Waals surface area (Å²) >= 11 is 0. The smallest absolute Gasteiger partial charge is 0.308 e. The number of amides is 1. The van der Waals surface area contributed by atoms with E-state index in [4.69, 9.17) is 4.74 Å². The normalized spacial score (nSPS) is 17.4. The number of hydrogen-bond acceptors (Lipinski definition) is 3. The van der Waals surface area contributed by atoms with Gasteiger partial charge in [0.25, 0.3) is 0 Å². The van der Waals surface area contributed by atoms with Gasteiger partial charge in [0.2, 0.25) is 5.91 Å². The number of methoxy groups -OCH3 is 1. The van der Waals surface area contributed by atoms with Crippen LogP contribution >= 0.6 is 0 Å². The van der Waals surface area contributed by atoms with E-state index in [2.05, 4.69) is 5.32 Å². The number of carbonyl (C=O) groups excluding carboxylic acids is 1. The third-order valence-corrected chi connectivity index (χ3v) is 5.01. The van der Waals surface area contributed by atoms with Gasteiger partial charge in [-0.3, -0.25) is 9.59 Å². The third kappa shape index (κ3) is 4.81. The molecule has 1 unspecified atom stereocenters. The fraction of sp³-hybridized carbons (Fsp3) is 0.579. The molecule has 1 aliphatic carbocycles. The molecule has 0 radical (unpaired) electrons. The molecule has 1 aliphatic rings. The lowest BCUT2D eigenvalue weighted by atomic mass is 9.81. The minimum absolute atomic E-state index is 0.0173. The lowest BCUT2D eigenvalue weighted by Crippen LogP contribution is -2.43. The van der Waals surface area contributed by atoms with E-state index in [1.165, 1.54) is 0 Å². The molecule has 24 heavy (non-hydrogen) atoms. The molecule has 0 aliphatic heterocycles. The summed E-state index contributed by atoms with van der Waals surface area (Å²) in [4.78, 5) is 24.2. The Labute approximate surface area is 143 Å². The van der Waals surface area contributed by atoms with E-state index in [-0.39, 0.29) is 17.9 Å². The highest BCUT2D eigenvalue weighted by atomic mass is 16.5. The number of ether oxygens (including phenoxy) is 1. The van der Waals surface area contributed by atoms with Crippen molar-refractivity contribution < 1.29 is 19.4 Å². The maximum Gasteiger partial charge on any atom is 0.308 e. The summed E-state index contributed by atoms with van der Waals surface area (Å²) in [5, 5.41) is 12.3. The van der Waals surface area contributed by atoms with Gasteiger partial charge in [-0.25, -0.2) is 0 Å². The minimum Gasteiger partial charge on any atom is -0.481 e. The van der Waals surface area contributed by atoms with Crippen molar-refractivity contribution in [3.05, 3.63) is 35.9 Å². The maximum absolute atomic E-state index is 12.7. The van der Waals surface area contributed by atoms with Gasteiger partial charge in [-0.1, -0.05) is 43.2 Å². The van der Waals surface area contributed by atoms with E-state index in [0.29, 0.717) is 19.4 Å². The van der Waals surface area contributed by atoms with Crippen LogP contribution in [0.15, 0.2) is 30.3 Å². The monoisotopic (exact) mass is 333 g/mol. The zero-order chi connectivity index (χ0) is 17.4. The number of benzene rings is 1. The van der Waals surface area contributed by atoms with Crippen molar-refractivity contribution in [3.63, 3.8) is 0 Å². The van der Waals surface area contributed by atoms with Crippen molar-refractivity contribution in [1.29, 1.82) is 0 Å². The van der Waals surface area contributed by atoms with Crippen LogP contribution in [0.3, 0.4) is 0 Å². The molecule has 0 bridgehead atoms. The highest BCUT2D eigenvalue weighted by molar-refractivity contribution is 5.83. The lowest BCUT2D eigenvalue weighted by Gasteiger charge is -2.28. The first-order chi connectivity index (χ1) is 11.6. The summed E-state index contributed by atoms with van der Waals surface area (Å²) in [6.45, 7) is 0.720. The largest absolute Gasteiger partial charge is 0.481 e. The second-order valence-corrected chi connectivity index (χ2v) is 6.67. The Hall–Kier alpha value is -1.88. The summed E-state index contributed by atoms with van der Waals surface area (Å²) in [7, 11) is 1.64. The van der Waals surface area contributed by atoms with Gasteiger partial charge >= 0.3 is 5.97 Å². The Morgan fingerprint density at radius 3 is 2.50 bits per heavy atom. The number of rotatable bonds is 9. The van der Waals surface area contributed by atoms with Crippen LogP contribution < -0.4 is 5.32 Å². The molecular weight excluding hydrogens is 306 g/mol. The molecule has 1 fully saturated rings. The molecular formula is C19H27NO4. The van der Waals surface area contributed by atoms with Gasteiger partial charge in [0, 0.05) is 20.3 Å². The van der Waals surface area contributed by atoms with Gasteiger partial charge in [0.05, 0.1) is 11.3 Å². The number of nitrogens with one attached hydrogen (secondary N) is 1. The maximum atomic E-state index is 12.7. The van der Waals surface area contributed by atoms with Gasteiger partial charge in [-0.15, -0.1) is 0 Å². The Morgan fingerprint density at radius 1 is 1.25 bits per heavy atom. The third-order valence-electron chi connectivity index (χ3n) is 5.01. The van der Waals surface area contributed by atoms with Crippen molar-refractivity contribution in [3.8, 4) is 0 Å². The molecule has 1 saturated carbocycles. The molecule has 0 saturated heterocycles. The summed E-state index contributed by atoms with van der Waals surface area (Å²) in [6.07, 6.45) is 4.93. The molecule has 5 heteroatoms. The number of carboxylic acid groups (broad SMARTS) is 1. The second kappa shape index (κ2) is 8.83. The molecule has 0 spiro atoms. The first-order valence-corrected chi connectivity index (χ1v) is 8.61. The number of carboxylic acids is 1. The fourth-order valence-corrected chi connectivity index (χ4v) is 3.49. The number of aliphatic carboxylic acids is 1. The van der Waals surface area contributed by atoms with Crippen molar-refractivity contribution in [1.82, 2.24) is 5.32 Å². The topological polar surface area (TPSA) is 75.6 Å². The van der Waals surface area contributed by atoms with E-state index in [1.807, 2.05) is 30.3 Å². The Morgan fingerprint density at radius 2 is 1.92 bits per heavy atom. The van der Waals surface area contributed by atoms with Crippen molar-refractivity contribution in [2.45, 2.75) is 38.5 Å². The Kier molecular flexibility index (Phi) is 6.79. The van der Waals surface area contributed by atoms with E-state index in [0.717, 1.165) is 31.2 Å². The summed E-state index contributed by atoms with van der Waals surface area (Å²) in [5.41, 5.74) is 0.584. The van der Waals surface area contributed by atoms with Gasteiger partial charge in [0.1, 0.15) is 0 Å². The molecule has 1 aromatic rings. The quantitative estimate of drug-likeness (QED) is 0.728. The Bertz CT molecular complexity index is 538. The predicted molar refractivity (Wildman–Crippen MR) is 91.7 cm³/mol. The summed E-state index contributed by atoms with van der Waals surface area (Å²) < 4.78 is 5.15. The van der Waals surface area contributed by atoms with E-state index in [9.17, 15) is 14.7 Å². The molecule has 132 valence electrons. The Balaban J connectivity index is 1.95. The zero-order valence-electron chi connectivity index (χ0n) is 14.3. The second-order valence-electron chi connectivity index (χ2n) is 6.67. The molecule has 0 aromatic heterocycles. The van der Waals surface area contributed by atoms with Gasteiger partial charge < -0.3 is 15.2 Å². The van der Waals surface area contributed by atoms with E-state index < -0.39 is 11.9 Å². The molecule has 5 nitrogen and oxygen atoms in total. The first kappa shape index (κ1) is 18.5. The average molecular weight is 333 g/mol. The summed E-state index contributed by atoms with van der Waals surface area (Å²) in [6, 6.07) is 9.51. The highest BCUT2D eigenvalue weighted by Crippen LogP contribution is 2.41. The van der Waals surface area contributed by atoms with Crippen molar-refractivity contribution in [2.75, 3.05) is 20.3 Å². The SMILES string of the molecule is COCCC1(C(=O)NCC(Cc2ccccc2)C(=O)O)CCCC1. The molecule has 2 rings (SSSR count). The zero-order valence-corrected chi connectivity index (χ0v) is 14.3. The molecule has 0 heterocycles. The fourth-order valence-electron chi connectivity index (χ4n) is 3.49. The van der Waals surface area contributed by atoms with Gasteiger partial charge in [0.15, 0.2) is 0 Å². The molecule has 1 aromatic carbocycles. The molecule has 1 amide bonds. The molecule has 2 N–H and O–H groups in total. The van der Waals surface area contributed by atoms with Gasteiger partial charge in [-0.2, -0.15) is 0 Å². The van der Waals surface area contributed by atoms with Crippen LogP contribution in [0.2, 0.25) is 0 Å². The molecule has 1 atom stereocenters. The van der Waals surface area contributed by atoms with Crippen molar-refractivity contribution >= 4 is 11.9 Å². The van der Waals surface area contributed by atoms with Crippen LogP contribution in [0.1, 0.15) is 37.7 Å². The predicted octanol–water partition coefficient (Wildman–Crippen LogP) is 2.64. The van der Waals surface area contributed by atoms with Crippen LogP contribution in [-0.2, 0) is 20.7 Å². The first-order valence-electron chi connectivity index (χ1n) is 8.61. The number of carbonyl (C=O) groups is 2. The minimum atomic E-state index is -0.878. The number of hydrogen-bond donors (Lipinski definition) is 2. The van der Waals surface area contributed by atoms with Crippen LogP contribution in [0.4, 0.5) is 0 Å². The van der Waals surface area contributed by atoms with Crippen LogP contribution in [0.25, 0.3) is 0 Å². The standard InChI is InChI=1S/C19H27NO4/c1-24-12-11-19(9-5-6-10-19)18(23)20-14-16(17(21)22)13-15-7-3-2-4-8-15/h2-4,7-8,16H,5-6,9-14H2,1H3,(H,20,23)(H,21,22). The van der Waals surface area contributed by atoms with Crippen LogP contribution in [0, 0.1) is 11.3 Å². The van der Waals surface area contributed by atoms with Crippen LogP contribution in [-0.4, -0.2) is 37.2 Å². The van der Waals surface area contributed by atoms with Gasteiger partial charge in [-0.05, 0) is 31.2 Å². The van der Waals surface area contributed by atoms with E-state index in [1.54, 1.807) is 7.11 Å². The lowest BCUT2D eigenvalue weighted by molar-refractivity contribution is -0.142. The van der Waals surface area contributed by atoms with Crippen molar-refractivity contribution in [2.24, 2.45) is 11.3 Å². The summed E-state index contributed by atoms with van der Waals surface area (Å²) in [5.74, 6) is -1.51. The van der Waals surface area contributed by atoms with E-state index >= 15 is 0 Å². The van der Waals surface area contributed by atoms with Crippen LogP contribution in [0.5, 0.6) is 0 Å².